The van der Waals surface area contributed by atoms with Crippen LogP contribution in [0.3, 0.4) is 0 Å². The average Bonchev–Trinajstić information content (AvgIpc) is 2.93. The first kappa shape index (κ1) is 13.7. The van der Waals surface area contributed by atoms with Gasteiger partial charge in [0.1, 0.15) is 11.5 Å². The monoisotopic (exact) mass is 291 g/mol. The lowest BCUT2D eigenvalue weighted by molar-refractivity contribution is -0.0493. The van der Waals surface area contributed by atoms with Crippen molar-refractivity contribution in [2.45, 2.75) is 19.6 Å². The van der Waals surface area contributed by atoms with Gasteiger partial charge in [-0.2, -0.15) is 8.78 Å². The molecule has 0 saturated heterocycles. The Bertz CT molecular complexity index is 631. The highest BCUT2D eigenvalue weighted by molar-refractivity contribution is 5.56. The fourth-order valence-electron chi connectivity index (χ4n) is 2.36. The number of para-hydroxylation sites is 2. The summed E-state index contributed by atoms with van der Waals surface area (Å²) in [5, 5.41) is 3.13. The Morgan fingerprint density at radius 3 is 2.90 bits per heavy atom. The summed E-state index contributed by atoms with van der Waals surface area (Å²) in [5.41, 5.74) is 2.81. The number of alkyl halides is 2. The molecule has 0 atom stereocenters. The van der Waals surface area contributed by atoms with Crippen molar-refractivity contribution < 1.29 is 18.3 Å². The minimum atomic E-state index is -2.83. The second-order valence-electron chi connectivity index (χ2n) is 4.77. The van der Waals surface area contributed by atoms with Crippen LogP contribution in [0.4, 0.5) is 14.5 Å². The Morgan fingerprint density at radius 1 is 1.19 bits per heavy atom. The van der Waals surface area contributed by atoms with Crippen LogP contribution in [-0.4, -0.2) is 13.2 Å². The predicted octanol–water partition coefficient (Wildman–Crippen LogP) is 3.84. The molecule has 0 unspecified atom stereocenters. The molecule has 0 fully saturated rings. The van der Waals surface area contributed by atoms with Crippen LogP contribution < -0.4 is 14.8 Å². The normalized spacial score (nSPS) is 12.9. The Kier molecular flexibility index (Phi) is 3.90. The van der Waals surface area contributed by atoms with Gasteiger partial charge in [0.15, 0.2) is 0 Å². The number of rotatable bonds is 5. The van der Waals surface area contributed by atoms with E-state index in [0.29, 0.717) is 12.2 Å². The smallest absolute Gasteiger partial charge is 0.387 e. The predicted molar refractivity (Wildman–Crippen MR) is 76.0 cm³/mol. The molecule has 0 saturated carbocycles. The molecule has 0 aliphatic carbocycles. The molecule has 3 rings (SSSR count). The first-order valence-corrected chi connectivity index (χ1v) is 6.75. The van der Waals surface area contributed by atoms with Crippen molar-refractivity contribution in [2.24, 2.45) is 0 Å². The summed E-state index contributed by atoms with van der Waals surface area (Å²) >= 11 is 0. The van der Waals surface area contributed by atoms with Crippen molar-refractivity contribution in [3.05, 3.63) is 53.6 Å². The zero-order valence-electron chi connectivity index (χ0n) is 11.3. The molecule has 21 heavy (non-hydrogen) atoms. The van der Waals surface area contributed by atoms with Gasteiger partial charge in [-0.3, -0.25) is 0 Å². The summed E-state index contributed by atoms with van der Waals surface area (Å²) in [6.07, 6.45) is 0.911. The van der Waals surface area contributed by atoms with E-state index in [-0.39, 0.29) is 5.75 Å². The molecule has 110 valence electrons. The third kappa shape index (κ3) is 3.24. The zero-order chi connectivity index (χ0) is 14.7. The lowest BCUT2D eigenvalue weighted by atomic mass is 10.1. The van der Waals surface area contributed by atoms with E-state index in [9.17, 15) is 8.78 Å². The zero-order valence-corrected chi connectivity index (χ0v) is 11.3. The maximum Gasteiger partial charge on any atom is 0.387 e. The molecule has 0 amide bonds. The van der Waals surface area contributed by atoms with E-state index in [1.54, 1.807) is 18.2 Å². The lowest BCUT2D eigenvalue weighted by Gasteiger charge is -2.13. The molecule has 0 spiro atoms. The number of hydrogen-bond donors (Lipinski definition) is 1. The van der Waals surface area contributed by atoms with E-state index >= 15 is 0 Å². The minimum absolute atomic E-state index is 0.150. The van der Waals surface area contributed by atoms with E-state index in [4.69, 9.17) is 4.74 Å². The van der Waals surface area contributed by atoms with Crippen LogP contribution in [0.5, 0.6) is 11.5 Å². The molecule has 2 aromatic carbocycles. The lowest BCUT2D eigenvalue weighted by Crippen LogP contribution is -2.06. The molecule has 0 radical (unpaired) electrons. The summed E-state index contributed by atoms with van der Waals surface area (Å²) in [5.74, 6) is 1.08. The second-order valence-corrected chi connectivity index (χ2v) is 4.77. The van der Waals surface area contributed by atoms with Crippen molar-refractivity contribution in [1.29, 1.82) is 0 Å². The fourth-order valence-corrected chi connectivity index (χ4v) is 2.36. The quantitative estimate of drug-likeness (QED) is 0.908. The fraction of sp³-hybridized carbons (Fsp3) is 0.250. The number of ether oxygens (including phenoxy) is 2. The molecule has 1 aliphatic heterocycles. The number of hydrogen-bond acceptors (Lipinski definition) is 3. The van der Waals surface area contributed by atoms with Gasteiger partial charge in [0.25, 0.3) is 0 Å². The number of nitrogens with one attached hydrogen (secondary N) is 1. The molecule has 5 heteroatoms. The van der Waals surface area contributed by atoms with E-state index in [0.717, 1.165) is 24.3 Å². The summed E-state index contributed by atoms with van der Waals surface area (Å²) in [7, 11) is 0. The molecule has 2 aromatic rings. The number of halogens is 2. The van der Waals surface area contributed by atoms with Crippen molar-refractivity contribution >= 4 is 5.69 Å². The van der Waals surface area contributed by atoms with Crippen LogP contribution in [-0.2, 0) is 13.0 Å². The Labute approximate surface area is 121 Å². The van der Waals surface area contributed by atoms with Crippen molar-refractivity contribution in [3.63, 3.8) is 0 Å². The highest BCUT2D eigenvalue weighted by atomic mass is 19.3. The summed E-state index contributed by atoms with van der Waals surface area (Å²) in [6.45, 7) is -1.57. The highest BCUT2D eigenvalue weighted by Crippen LogP contribution is 2.28. The van der Waals surface area contributed by atoms with Gasteiger partial charge >= 0.3 is 6.61 Å². The van der Waals surface area contributed by atoms with Crippen LogP contribution in [0, 0.1) is 0 Å². The van der Waals surface area contributed by atoms with E-state index < -0.39 is 6.61 Å². The number of benzene rings is 2. The third-order valence-electron chi connectivity index (χ3n) is 3.34. The molecule has 0 bridgehead atoms. The van der Waals surface area contributed by atoms with Gasteiger partial charge in [-0.05, 0) is 29.3 Å². The van der Waals surface area contributed by atoms with Gasteiger partial charge in [-0.15, -0.1) is 0 Å². The largest absolute Gasteiger partial charge is 0.493 e. The first-order valence-electron chi connectivity index (χ1n) is 6.75. The van der Waals surface area contributed by atoms with Gasteiger partial charge in [0, 0.05) is 13.0 Å². The average molecular weight is 291 g/mol. The maximum atomic E-state index is 12.3. The minimum Gasteiger partial charge on any atom is -0.493 e. The second kappa shape index (κ2) is 5.99. The van der Waals surface area contributed by atoms with Crippen molar-refractivity contribution in [3.8, 4) is 11.5 Å². The van der Waals surface area contributed by atoms with Gasteiger partial charge in [-0.25, -0.2) is 0 Å². The van der Waals surface area contributed by atoms with Crippen LogP contribution in [0.25, 0.3) is 0 Å². The number of fused-ring (bicyclic) bond motifs is 1. The van der Waals surface area contributed by atoms with Crippen LogP contribution in [0.2, 0.25) is 0 Å². The van der Waals surface area contributed by atoms with E-state index in [1.165, 1.54) is 11.6 Å². The summed E-state index contributed by atoms with van der Waals surface area (Å²) in [6, 6.07) is 12.7. The highest BCUT2D eigenvalue weighted by Gasteiger charge is 2.12. The molecule has 3 nitrogen and oxygen atoms in total. The standard InChI is InChI=1S/C16H15F2NO2/c17-16(18)21-15-4-2-1-3-13(15)19-10-11-5-6-14-12(9-11)7-8-20-14/h1-6,9,16,19H,7-8,10H2. The van der Waals surface area contributed by atoms with Gasteiger partial charge < -0.3 is 14.8 Å². The first-order chi connectivity index (χ1) is 10.2. The molecular weight excluding hydrogens is 276 g/mol. The van der Waals surface area contributed by atoms with Gasteiger partial charge in [-0.1, -0.05) is 24.3 Å². The number of anilines is 1. The van der Waals surface area contributed by atoms with Crippen molar-refractivity contribution in [1.82, 2.24) is 0 Å². The molecule has 0 aromatic heterocycles. The van der Waals surface area contributed by atoms with E-state index in [2.05, 4.69) is 16.1 Å². The van der Waals surface area contributed by atoms with Crippen molar-refractivity contribution in [2.75, 3.05) is 11.9 Å². The molecule has 1 aliphatic rings. The Balaban J connectivity index is 1.70. The van der Waals surface area contributed by atoms with Crippen LogP contribution in [0.1, 0.15) is 11.1 Å². The SMILES string of the molecule is FC(F)Oc1ccccc1NCc1ccc2c(c1)CCO2. The Hall–Kier alpha value is -2.30. The molecular formula is C16H15F2NO2. The summed E-state index contributed by atoms with van der Waals surface area (Å²) < 4.78 is 34.6. The molecule has 1 heterocycles. The topological polar surface area (TPSA) is 30.5 Å². The summed E-state index contributed by atoms with van der Waals surface area (Å²) in [4.78, 5) is 0. The van der Waals surface area contributed by atoms with E-state index in [1.807, 2.05) is 12.1 Å². The van der Waals surface area contributed by atoms with Crippen LogP contribution in [0.15, 0.2) is 42.5 Å². The Morgan fingerprint density at radius 2 is 2.05 bits per heavy atom. The van der Waals surface area contributed by atoms with Gasteiger partial charge in [0.05, 0.1) is 12.3 Å². The third-order valence-corrected chi connectivity index (χ3v) is 3.34. The van der Waals surface area contributed by atoms with Crippen LogP contribution >= 0.6 is 0 Å². The van der Waals surface area contributed by atoms with Gasteiger partial charge in [0.2, 0.25) is 0 Å². The molecule has 1 N–H and O–H groups in total. The maximum absolute atomic E-state index is 12.3.